The van der Waals surface area contributed by atoms with E-state index in [-0.39, 0.29) is 18.4 Å². The largest absolute Gasteiger partial charge is 0.383 e. The molecule has 4 rings (SSSR count). The molecule has 0 N–H and O–H groups in total. The second-order valence-electron chi connectivity index (χ2n) is 9.55. The molecule has 0 aliphatic carbocycles. The molecule has 0 fully saturated rings. The van der Waals surface area contributed by atoms with Crippen LogP contribution in [0.5, 0.6) is 0 Å². The minimum absolute atomic E-state index is 0.159. The van der Waals surface area contributed by atoms with Gasteiger partial charge in [-0.3, -0.25) is 14.6 Å². The number of aromatic nitrogens is 2. The highest BCUT2D eigenvalue weighted by Crippen LogP contribution is 2.21. The number of carbonyl (C=O) groups excluding carboxylic acids is 2. The number of nitrogens with zero attached hydrogens (tertiary/aromatic N) is 4. The number of rotatable bonds is 12. The normalized spacial score (nSPS) is 11.9. The molecular weight excluding hydrogens is 504 g/mol. The van der Waals surface area contributed by atoms with Crippen molar-refractivity contribution in [1.82, 2.24) is 19.9 Å². The molecule has 2 amide bonds. The topological polar surface area (TPSA) is 88.8 Å². The van der Waals surface area contributed by atoms with Gasteiger partial charge in [-0.2, -0.15) is 0 Å². The summed E-state index contributed by atoms with van der Waals surface area (Å²) in [4.78, 5) is 34.9. The fourth-order valence-electron chi connectivity index (χ4n) is 4.36. The van der Waals surface area contributed by atoms with Gasteiger partial charge >= 0.3 is 0 Å². The molecule has 2 aromatic carbocycles. The lowest BCUT2D eigenvalue weighted by Crippen LogP contribution is -2.51. The molecule has 0 saturated heterocycles. The highest BCUT2D eigenvalue weighted by Gasteiger charge is 2.31. The third-order valence-electron chi connectivity index (χ3n) is 6.59. The lowest BCUT2D eigenvalue weighted by Gasteiger charge is -2.33. The Labute approximate surface area is 234 Å². The van der Waals surface area contributed by atoms with Gasteiger partial charge in [0.05, 0.1) is 6.61 Å². The smallest absolute Gasteiger partial charge is 0.247 e. The van der Waals surface area contributed by atoms with Crippen LogP contribution in [0, 0.1) is 6.92 Å². The van der Waals surface area contributed by atoms with Gasteiger partial charge in [0.15, 0.2) is 0 Å². The molecule has 1 unspecified atom stereocenters. The average molecular weight is 539 g/mol. The van der Waals surface area contributed by atoms with E-state index in [9.17, 15) is 9.59 Å². The Morgan fingerprint density at radius 3 is 2.33 bits per heavy atom. The van der Waals surface area contributed by atoms with Crippen molar-refractivity contribution in [3.05, 3.63) is 114 Å². The molecule has 2 heterocycles. The van der Waals surface area contributed by atoms with Crippen molar-refractivity contribution in [3.8, 4) is 11.1 Å². The van der Waals surface area contributed by atoms with Crippen LogP contribution < -0.4 is 0 Å². The number of ether oxygens (including phenoxy) is 1. The van der Waals surface area contributed by atoms with Crippen LogP contribution in [0.3, 0.4) is 0 Å². The summed E-state index contributed by atoms with van der Waals surface area (Å²) in [6.45, 7) is 2.85. The van der Waals surface area contributed by atoms with Crippen molar-refractivity contribution >= 4 is 17.9 Å². The van der Waals surface area contributed by atoms with E-state index in [2.05, 4.69) is 10.1 Å². The fraction of sp³-hybridized carbons (Fsp3) is 0.250. The van der Waals surface area contributed by atoms with Crippen LogP contribution in [0.25, 0.3) is 17.2 Å². The Bertz CT molecular complexity index is 1400. The van der Waals surface area contributed by atoms with Gasteiger partial charge in [0.25, 0.3) is 0 Å². The summed E-state index contributed by atoms with van der Waals surface area (Å²) in [5, 5.41) is 3.95. The standard InChI is InChI=1S/C32H34N4O4/c1-24-21-29(34-40-24)13-14-31(37)36(23-26-9-11-27(12-10-26)28-15-17-33-18-16-28)30(22-25-7-5-4-6-8-25)32(38)35(2)19-20-39-3/h4-18,21,30H,19-20,22-23H2,1-3H3. The van der Waals surface area contributed by atoms with Crippen LogP contribution in [0.2, 0.25) is 0 Å². The zero-order valence-electron chi connectivity index (χ0n) is 23.1. The van der Waals surface area contributed by atoms with Crippen molar-refractivity contribution in [2.24, 2.45) is 0 Å². The molecule has 0 radical (unpaired) electrons. The second kappa shape index (κ2) is 14.0. The van der Waals surface area contributed by atoms with Gasteiger partial charge < -0.3 is 19.1 Å². The van der Waals surface area contributed by atoms with Gasteiger partial charge in [0.1, 0.15) is 17.5 Å². The highest BCUT2D eigenvalue weighted by atomic mass is 16.5. The first kappa shape index (κ1) is 28.4. The first-order chi connectivity index (χ1) is 19.4. The number of hydrogen-bond acceptors (Lipinski definition) is 6. The minimum atomic E-state index is -0.736. The number of hydrogen-bond donors (Lipinski definition) is 0. The zero-order valence-corrected chi connectivity index (χ0v) is 23.1. The van der Waals surface area contributed by atoms with Gasteiger partial charge in [-0.25, -0.2) is 0 Å². The number of likely N-dealkylation sites (N-methyl/N-ethyl adjacent to an activating group) is 1. The molecule has 0 bridgehead atoms. The van der Waals surface area contributed by atoms with Crippen LogP contribution in [-0.4, -0.2) is 65.1 Å². The summed E-state index contributed by atoms with van der Waals surface area (Å²) in [6.07, 6.45) is 6.94. The van der Waals surface area contributed by atoms with Gasteiger partial charge in [-0.1, -0.05) is 59.8 Å². The average Bonchev–Trinajstić information content (AvgIpc) is 3.42. The number of pyridine rings is 1. The molecule has 1 atom stereocenters. The number of amides is 2. The molecule has 8 nitrogen and oxygen atoms in total. The molecule has 40 heavy (non-hydrogen) atoms. The number of carbonyl (C=O) groups is 2. The summed E-state index contributed by atoms with van der Waals surface area (Å²) in [5.74, 6) is 0.191. The maximum Gasteiger partial charge on any atom is 0.247 e. The van der Waals surface area contributed by atoms with E-state index in [0.717, 1.165) is 22.3 Å². The molecule has 8 heteroatoms. The Kier molecular flexibility index (Phi) is 9.96. The molecule has 0 aliphatic rings. The van der Waals surface area contributed by atoms with Crippen LogP contribution in [0.4, 0.5) is 0 Å². The number of methoxy groups -OCH3 is 1. The Morgan fingerprint density at radius 1 is 0.975 bits per heavy atom. The van der Waals surface area contributed by atoms with Crippen molar-refractivity contribution in [2.75, 3.05) is 27.3 Å². The first-order valence-electron chi connectivity index (χ1n) is 13.1. The van der Waals surface area contributed by atoms with Crippen molar-refractivity contribution in [2.45, 2.75) is 25.9 Å². The lowest BCUT2D eigenvalue weighted by molar-refractivity contribution is -0.143. The third-order valence-corrected chi connectivity index (χ3v) is 6.59. The molecule has 206 valence electrons. The maximum atomic E-state index is 13.8. The van der Waals surface area contributed by atoms with E-state index >= 15 is 0 Å². The quantitative estimate of drug-likeness (QED) is 0.241. The summed E-state index contributed by atoms with van der Waals surface area (Å²) >= 11 is 0. The highest BCUT2D eigenvalue weighted by molar-refractivity contribution is 5.95. The third kappa shape index (κ3) is 7.74. The van der Waals surface area contributed by atoms with Crippen molar-refractivity contribution in [1.29, 1.82) is 0 Å². The van der Waals surface area contributed by atoms with E-state index in [1.807, 2.05) is 66.7 Å². The number of aryl methyl sites for hydroxylation is 1. The Hall–Kier alpha value is -4.56. The lowest BCUT2D eigenvalue weighted by atomic mass is 10.0. The maximum absolute atomic E-state index is 13.8. The molecule has 0 spiro atoms. The van der Waals surface area contributed by atoms with Crippen molar-refractivity contribution in [3.63, 3.8) is 0 Å². The van der Waals surface area contributed by atoms with Crippen LogP contribution >= 0.6 is 0 Å². The Morgan fingerprint density at radius 2 is 1.68 bits per heavy atom. The van der Waals surface area contributed by atoms with Gasteiger partial charge in [0.2, 0.25) is 11.8 Å². The first-order valence-corrected chi connectivity index (χ1v) is 13.1. The van der Waals surface area contributed by atoms with E-state index in [1.165, 1.54) is 6.08 Å². The van der Waals surface area contributed by atoms with Crippen molar-refractivity contribution < 1.29 is 18.8 Å². The van der Waals surface area contributed by atoms with Crippen LogP contribution in [-0.2, 0) is 27.3 Å². The second-order valence-corrected chi connectivity index (χ2v) is 9.55. The van der Waals surface area contributed by atoms with Gasteiger partial charge in [-0.05, 0) is 47.4 Å². The molecule has 0 aliphatic heterocycles. The van der Waals surface area contributed by atoms with E-state index in [1.54, 1.807) is 55.4 Å². The zero-order chi connectivity index (χ0) is 28.3. The molecule has 2 aromatic heterocycles. The van der Waals surface area contributed by atoms with Gasteiger partial charge in [-0.15, -0.1) is 0 Å². The predicted octanol–water partition coefficient (Wildman–Crippen LogP) is 4.80. The molecule has 0 saturated carbocycles. The molecular formula is C32H34N4O4. The van der Waals surface area contributed by atoms with E-state index < -0.39 is 6.04 Å². The summed E-state index contributed by atoms with van der Waals surface area (Å²) in [5.41, 5.74) is 4.50. The Balaban J connectivity index is 1.67. The van der Waals surface area contributed by atoms with E-state index in [0.29, 0.717) is 31.0 Å². The van der Waals surface area contributed by atoms with E-state index in [4.69, 9.17) is 9.26 Å². The van der Waals surface area contributed by atoms with Crippen LogP contribution in [0.1, 0.15) is 22.6 Å². The summed E-state index contributed by atoms with van der Waals surface area (Å²) in [6, 6.07) is 22.6. The fourth-order valence-corrected chi connectivity index (χ4v) is 4.36. The monoisotopic (exact) mass is 538 g/mol. The SMILES string of the molecule is COCCN(C)C(=O)C(Cc1ccccc1)N(Cc1ccc(-c2ccncc2)cc1)C(=O)C=Cc1cc(C)on1. The van der Waals surface area contributed by atoms with Crippen LogP contribution in [0.15, 0.2) is 95.8 Å². The summed E-state index contributed by atoms with van der Waals surface area (Å²) < 4.78 is 10.3. The summed E-state index contributed by atoms with van der Waals surface area (Å²) in [7, 11) is 3.33. The number of benzene rings is 2. The predicted molar refractivity (Wildman–Crippen MR) is 154 cm³/mol. The molecule has 4 aromatic rings. The minimum Gasteiger partial charge on any atom is -0.383 e. The van der Waals surface area contributed by atoms with Gasteiger partial charge in [0, 0.05) is 58.2 Å².